The van der Waals surface area contributed by atoms with Crippen molar-refractivity contribution in [1.29, 1.82) is 0 Å². The lowest BCUT2D eigenvalue weighted by molar-refractivity contribution is -0.203. The van der Waals surface area contributed by atoms with Gasteiger partial charge in [-0.1, -0.05) is 24.3 Å². The number of aliphatic hydroxyl groups excluding tert-OH is 1. The van der Waals surface area contributed by atoms with E-state index in [1.165, 1.54) is 6.20 Å². The van der Waals surface area contributed by atoms with Gasteiger partial charge >= 0.3 is 6.18 Å². The number of aliphatic hydroxyl groups is 1. The van der Waals surface area contributed by atoms with Crippen molar-refractivity contribution in [2.45, 2.75) is 18.7 Å². The second kappa shape index (κ2) is 4.33. The standard InChI is InChI=1S/C12H10F3NO/c13-12(14,15)11(17)7-10-9-4-2-1-3-8(9)5-6-16-10/h1-6,11,17H,7H2. The molecule has 0 amide bonds. The predicted molar refractivity (Wildman–Crippen MR) is 57.5 cm³/mol. The first kappa shape index (κ1) is 11.9. The molecule has 0 spiro atoms. The van der Waals surface area contributed by atoms with Crippen LogP contribution in [0.2, 0.25) is 0 Å². The maximum atomic E-state index is 12.3. The van der Waals surface area contributed by atoms with E-state index in [1.807, 2.05) is 0 Å². The van der Waals surface area contributed by atoms with E-state index in [1.54, 1.807) is 30.3 Å². The quantitative estimate of drug-likeness (QED) is 0.876. The van der Waals surface area contributed by atoms with Gasteiger partial charge in [-0.3, -0.25) is 4.98 Å². The van der Waals surface area contributed by atoms with Crippen LogP contribution in [0.15, 0.2) is 36.5 Å². The Morgan fingerprint density at radius 1 is 1.18 bits per heavy atom. The molecule has 1 aromatic heterocycles. The number of nitrogens with zero attached hydrogens (tertiary/aromatic N) is 1. The first-order valence-corrected chi connectivity index (χ1v) is 5.06. The van der Waals surface area contributed by atoms with Crippen molar-refractivity contribution >= 4 is 10.8 Å². The normalized spacial score (nSPS) is 13.9. The van der Waals surface area contributed by atoms with Crippen LogP contribution in [0.25, 0.3) is 10.8 Å². The van der Waals surface area contributed by atoms with Crippen molar-refractivity contribution in [2.24, 2.45) is 0 Å². The Labute approximate surface area is 95.7 Å². The van der Waals surface area contributed by atoms with Crippen LogP contribution < -0.4 is 0 Å². The van der Waals surface area contributed by atoms with Crippen LogP contribution in [0.5, 0.6) is 0 Å². The number of aromatic nitrogens is 1. The summed E-state index contributed by atoms with van der Waals surface area (Å²) in [5.74, 6) is 0. The van der Waals surface area contributed by atoms with E-state index in [0.29, 0.717) is 5.39 Å². The molecular formula is C12H10F3NO. The summed E-state index contributed by atoms with van der Waals surface area (Å²) in [7, 11) is 0. The number of hydrogen-bond donors (Lipinski definition) is 1. The highest BCUT2D eigenvalue weighted by Gasteiger charge is 2.38. The van der Waals surface area contributed by atoms with Crippen LogP contribution in [0, 0.1) is 0 Å². The van der Waals surface area contributed by atoms with Gasteiger partial charge in [0.1, 0.15) is 0 Å². The van der Waals surface area contributed by atoms with E-state index in [0.717, 1.165) is 5.39 Å². The third kappa shape index (κ3) is 2.55. The monoisotopic (exact) mass is 241 g/mol. The molecule has 1 heterocycles. The molecule has 1 aromatic carbocycles. The topological polar surface area (TPSA) is 33.1 Å². The van der Waals surface area contributed by atoms with Crippen molar-refractivity contribution < 1.29 is 18.3 Å². The van der Waals surface area contributed by atoms with Gasteiger partial charge < -0.3 is 5.11 Å². The van der Waals surface area contributed by atoms with Crippen LogP contribution in [0.3, 0.4) is 0 Å². The summed E-state index contributed by atoms with van der Waals surface area (Å²) in [6.45, 7) is 0. The number of rotatable bonds is 2. The SMILES string of the molecule is OC(Cc1nccc2ccccc12)C(F)(F)F. The van der Waals surface area contributed by atoms with E-state index in [9.17, 15) is 13.2 Å². The Balaban J connectivity index is 2.36. The minimum atomic E-state index is -4.61. The van der Waals surface area contributed by atoms with Gasteiger partial charge in [0.25, 0.3) is 0 Å². The molecule has 0 saturated carbocycles. The molecule has 0 aliphatic rings. The number of hydrogen-bond acceptors (Lipinski definition) is 2. The zero-order valence-electron chi connectivity index (χ0n) is 8.78. The number of benzene rings is 1. The van der Waals surface area contributed by atoms with Crippen LogP contribution in [0.1, 0.15) is 5.69 Å². The molecule has 5 heteroatoms. The van der Waals surface area contributed by atoms with Crippen LogP contribution >= 0.6 is 0 Å². The molecule has 1 unspecified atom stereocenters. The van der Waals surface area contributed by atoms with Gasteiger partial charge in [0.2, 0.25) is 0 Å². The lowest BCUT2D eigenvalue weighted by atomic mass is 10.1. The molecule has 1 atom stereocenters. The average Bonchev–Trinajstić information content (AvgIpc) is 2.28. The van der Waals surface area contributed by atoms with Crippen LogP contribution in [0.4, 0.5) is 13.2 Å². The van der Waals surface area contributed by atoms with Gasteiger partial charge in [-0.05, 0) is 11.5 Å². The highest BCUT2D eigenvalue weighted by atomic mass is 19.4. The van der Waals surface area contributed by atoms with E-state index in [4.69, 9.17) is 5.11 Å². The van der Waals surface area contributed by atoms with Crippen molar-refractivity contribution in [2.75, 3.05) is 0 Å². The minimum absolute atomic E-state index is 0.257. The molecule has 1 N–H and O–H groups in total. The van der Waals surface area contributed by atoms with Gasteiger partial charge in [0.15, 0.2) is 6.10 Å². The first-order chi connectivity index (χ1) is 7.98. The maximum Gasteiger partial charge on any atom is 0.414 e. The Morgan fingerprint density at radius 2 is 1.88 bits per heavy atom. The maximum absolute atomic E-state index is 12.3. The number of halogens is 3. The molecule has 0 radical (unpaired) electrons. The Bertz CT molecular complexity index is 519. The Kier molecular flexibility index (Phi) is 3.02. The second-order valence-electron chi connectivity index (χ2n) is 3.74. The van der Waals surface area contributed by atoms with Gasteiger partial charge in [0, 0.05) is 18.0 Å². The summed E-state index contributed by atoms with van der Waals surface area (Å²) >= 11 is 0. The molecular weight excluding hydrogens is 231 g/mol. The smallest absolute Gasteiger partial charge is 0.383 e. The van der Waals surface area contributed by atoms with Gasteiger partial charge in [-0.25, -0.2) is 0 Å². The van der Waals surface area contributed by atoms with Crippen molar-refractivity contribution in [3.05, 3.63) is 42.2 Å². The Hall–Kier alpha value is -1.62. The largest absolute Gasteiger partial charge is 0.414 e. The van der Waals surface area contributed by atoms with Gasteiger partial charge in [0.05, 0.1) is 5.69 Å². The molecule has 0 aliphatic carbocycles. The molecule has 2 nitrogen and oxygen atoms in total. The van der Waals surface area contributed by atoms with Crippen LogP contribution in [-0.4, -0.2) is 22.4 Å². The zero-order chi connectivity index (χ0) is 12.5. The van der Waals surface area contributed by atoms with E-state index in [-0.39, 0.29) is 5.69 Å². The van der Waals surface area contributed by atoms with E-state index >= 15 is 0 Å². The fourth-order valence-corrected chi connectivity index (χ4v) is 1.64. The summed E-state index contributed by atoms with van der Waals surface area (Å²) in [5.41, 5.74) is 0.257. The lowest BCUT2D eigenvalue weighted by Gasteiger charge is -2.14. The first-order valence-electron chi connectivity index (χ1n) is 5.06. The fraction of sp³-hybridized carbons (Fsp3) is 0.250. The molecule has 2 aromatic rings. The molecule has 0 fully saturated rings. The number of fused-ring (bicyclic) bond motifs is 1. The van der Waals surface area contributed by atoms with Crippen LogP contribution in [-0.2, 0) is 6.42 Å². The molecule has 90 valence electrons. The van der Waals surface area contributed by atoms with E-state index < -0.39 is 18.7 Å². The minimum Gasteiger partial charge on any atom is -0.383 e. The second-order valence-corrected chi connectivity index (χ2v) is 3.74. The average molecular weight is 241 g/mol. The van der Waals surface area contributed by atoms with Crippen molar-refractivity contribution in [3.8, 4) is 0 Å². The fourth-order valence-electron chi connectivity index (χ4n) is 1.64. The summed E-state index contributed by atoms with van der Waals surface area (Å²) in [6, 6.07) is 8.74. The van der Waals surface area contributed by atoms with Crippen molar-refractivity contribution in [1.82, 2.24) is 4.98 Å². The van der Waals surface area contributed by atoms with Gasteiger partial charge in [-0.15, -0.1) is 0 Å². The third-order valence-electron chi connectivity index (χ3n) is 2.52. The summed E-state index contributed by atoms with van der Waals surface area (Å²) in [6.07, 6.45) is -6.06. The number of pyridine rings is 1. The molecule has 0 aliphatic heterocycles. The highest BCUT2D eigenvalue weighted by Crippen LogP contribution is 2.25. The summed E-state index contributed by atoms with van der Waals surface area (Å²) in [4.78, 5) is 3.90. The summed E-state index contributed by atoms with van der Waals surface area (Å²) in [5, 5.41) is 10.5. The Morgan fingerprint density at radius 3 is 2.59 bits per heavy atom. The molecule has 17 heavy (non-hydrogen) atoms. The van der Waals surface area contributed by atoms with Gasteiger partial charge in [-0.2, -0.15) is 13.2 Å². The predicted octanol–water partition coefficient (Wildman–Crippen LogP) is 2.70. The molecule has 0 bridgehead atoms. The number of alkyl halides is 3. The van der Waals surface area contributed by atoms with E-state index in [2.05, 4.69) is 4.98 Å². The zero-order valence-corrected chi connectivity index (χ0v) is 8.78. The third-order valence-corrected chi connectivity index (χ3v) is 2.52. The highest BCUT2D eigenvalue weighted by molar-refractivity contribution is 5.84. The van der Waals surface area contributed by atoms with Crippen molar-refractivity contribution in [3.63, 3.8) is 0 Å². The lowest BCUT2D eigenvalue weighted by Crippen LogP contribution is -2.30. The molecule has 2 rings (SSSR count). The molecule has 0 saturated heterocycles. The summed E-state index contributed by atoms with van der Waals surface area (Å²) < 4.78 is 36.8.